The minimum Gasteiger partial charge on any atom is -0.454 e. The Bertz CT molecular complexity index is 857. The quantitative estimate of drug-likeness (QED) is 0.470. The maximum Gasteiger partial charge on any atom is 0.243 e. The summed E-state index contributed by atoms with van der Waals surface area (Å²) >= 11 is 0. The molecule has 3 aliphatic heterocycles. The zero-order valence-electron chi connectivity index (χ0n) is 17.9. The molecule has 174 valence electrons. The van der Waals surface area contributed by atoms with Gasteiger partial charge in [-0.15, -0.1) is 0 Å². The second kappa shape index (κ2) is 10.2. The monoisotopic (exact) mass is 447 g/mol. The number of anilines is 1. The summed E-state index contributed by atoms with van der Waals surface area (Å²) in [6.07, 6.45) is -0.129. The first kappa shape index (κ1) is 22.3. The molecule has 32 heavy (non-hydrogen) atoms. The molecular weight excluding hydrogens is 418 g/mol. The van der Waals surface area contributed by atoms with Crippen LogP contribution in [0.4, 0.5) is 5.69 Å². The minimum absolute atomic E-state index is 0.123. The van der Waals surface area contributed by atoms with E-state index in [-0.39, 0.29) is 44.1 Å². The summed E-state index contributed by atoms with van der Waals surface area (Å²) in [5, 5.41) is 14.6. The highest BCUT2D eigenvalue weighted by atomic mass is 16.7. The van der Waals surface area contributed by atoms with E-state index in [9.17, 15) is 14.4 Å². The Kier molecular flexibility index (Phi) is 7.08. The number of benzene rings is 1. The number of ether oxygens (including phenoxy) is 2. The number of amides is 3. The number of rotatable bonds is 7. The summed E-state index contributed by atoms with van der Waals surface area (Å²) in [5.74, 6) is 0.327. The summed E-state index contributed by atoms with van der Waals surface area (Å²) in [4.78, 5) is 43.8. The van der Waals surface area contributed by atoms with Crippen molar-refractivity contribution in [1.82, 2.24) is 20.0 Å². The van der Waals surface area contributed by atoms with Crippen molar-refractivity contribution < 1.29 is 29.0 Å². The largest absolute Gasteiger partial charge is 0.454 e. The lowest BCUT2D eigenvalue weighted by Crippen LogP contribution is -2.60. The van der Waals surface area contributed by atoms with E-state index < -0.39 is 6.04 Å². The van der Waals surface area contributed by atoms with Crippen LogP contribution in [-0.4, -0.2) is 109 Å². The Morgan fingerprint density at radius 2 is 1.84 bits per heavy atom. The number of hydrogen-bond acceptors (Lipinski definition) is 8. The number of piperazine rings is 2. The molecule has 1 atom stereocenters. The third-order valence-corrected chi connectivity index (χ3v) is 5.93. The van der Waals surface area contributed by atoms with Crippen LogP contribution in [0.1, 0.15) is 6.42 Å². The van der Waals surface area contributed by atoms with Crippen LogP contribution in [0.5, 0.6) is 11.5 Å². The highest BCUT2D eigenvalue weighted by Crippen LogP contribution is 2.34. The number of fused-ring (bicyclic) bond motifs is 1. The van der Waals surface area contributed by atoms with Crippen molar-refractivity contribution in [3.63, 3.8) is 0 Å². The Morgan fingerprint density at radius 1 is 1.09 bits per heavy atom. The van der Waals surface area contributed by atoms with Crippen molar-refractivity contribution in [2.45, 2.75) is 12.5 Å². The molecule has 0 radical (unpaired) electrons. The van der Waals surface area contributed by atoms with E-state index in [0.29, 0.717) is 36.8 Å². The van der Waals surface area contributed by atoms with Gasteiger partial charge in [0.25, 0.3) is 0 Å². The molecule has 0 aliphatic carbocycles. The molecule has 3 amide bonds. The zero-order chi connectivity index (χ0) is 22.5. The van der Waals surface area contributed by atoms with E-state index in [0.717, 1.165) is 26.2 Å². The molecule has 0 aromatic heterocycles. The summed E-state index contributed by atoms with van der Waals surface area (Å²) in [7, 11) is 0. The van der Waals surface area contributed by atoms with Crippen LogP contribution in [0.15, 0.2) is 18.2 Å². The predicted octanol–water partition coefficient (Wildman–Crippen LogP) is -1.32. The Labute approximate surface area is 186 Å². The first-order chi connectivity index (χ1) is 15.5. The Hall–Kier alpha value is -2.89. The fourth-order valence-electron chi connectivity index (χ4n) is 4.17. The smallest absolute Gasteiger partial charge is 0.243 e. The highest BCUT2D eigenvalue weighted by molar-refractivity contribution is 5.97. The molecule has 2 saturated heterocycles. The third kappa shape index (κ3) is 5.29. The van der Waals surface area contributed by atoms with Gasteiger partial charge >= 0.3 is 0 Å². The van der Waals surface area contributed by atoms with Gasteiger partial charge in [0.2, 0.25) is 24.5 Å². The van der Waals surface area contributed by atoms with Gasteiger partial charge in [0.1, 0.15) is 6.04 Å². The lowest BCUT2D eigenvalue weighted by Gasteiger charge is -2.38. The number of aliphatic hydroxyl groups excluding tert-OH is 1. The second-order valence-corrected chi connectivity index (χ2v) is 8.06. The molecule has 1 aromatic rings. The standard InChI is InChI=1S/C21H29N5O6/c27-10-9-24-5-7-25(8-6-24)13-20(29)26-4-3-22-21(30)16(26)12-19(28)23-15-1-2-17-18(11-15)32-14-31-17/h1-2,11,16,27H,3-10,12-14H2,(H,22,30)(H,23,28)/t16-/m0/s1. The molecule has 2 fully saturated rings. The van der Waals surface area contributed by atoms with Gasteiger partial charge in [-0.2, -0.15) is 0 Å². The molecule has 0 bridgehead atoms. The van der Waals surface area contributed by atoms with Crippen molar-refractivity contribution >= 4 is 23.4 Å². The highest BCUT2D eigenvalue weighted by Gasteiger charge is 2.35. The molecule has 3 heterocycles. The summed E-state index contributed by atoms with van der Waals surface area (Å²) < 4.78 is 10.6. The topological polar surface area (TPSA) is 124 Å². The van der Waals surface area contributed by atoms with Crippen molar-refractivity contribution in [2.75, 3.05) is 71.1 Å². The lowest BCUT2D eigenvalue weighted by atomic mass is 10.1. The van der Waals surface area contributed by atoms with E-state index in [1.807, 2.05) is 4.90 Å². The summed E-state index contributed by atoms with van der Waals surface area (Å²) in [6.45, 7) is 4.87. The van der Waals surface area contributed by atoms with Gasteiger partial charge in [-0.1, -0.05) is 0 Å². The molecule has 11 nitrogen and oxygen atoms in total. The average molecular weight is 447 g/mol. The molecule has 0 saturated carbocycles. The predicted molar refractivity (Wildman–Crippen MR) is 114 cm³/mol. The molecule has 3 N–H and O–H groups in total. The molecule has 11 heteroatoms. The normalized spacial score (nSPS) is 21.3. The van der Waals surface area contributed by atoms with Gasteiger partial charge in [0, 0.05) is 57.6 Å². The molecule has 3 aliphatic rings. The maximum absolute atomic E-state index is 13.0. The molecule has 0 unspecified atom stereocenters. The van der Waals surface area contributed by atoms with Crippen LogP contribution in [-0.2, 0) is 14.4 Å². The van der Waals surface area contributed by atoms with Crippen LogP contribution in [0.25, 0.3) is 0 Å². The third-order valence-electron chi connectivity index (χ3n) is 5.93. The molecule has 1 aromatic carbocycles. The maximum atomic E-state index is 13.0. The van der Waals surface area contributed by atoms with Crippen molar-refractivity contribution in [1.29, 1.82) is 0 Å². The number of hydrogen-bond donors (Lipinski definition) is 3. The van der Waals surface area contributed by atoms with E-state index in [4.69, 9.17) is 14.6 Å². The SMILES string of the molecule is O=C(C[C@H]1C(=O)NCCN1C(=O)CN1CCN(CCO)CC1)Nc1ccc2c(c1)OCO2. The lowest BCUT2D eigenvalue weighted by molar-refractivity contribution is -0.145. The fraction of sp³-hybridized carbons (Fsp3) is 0.571. The van der Waals surface area contributed by atoms with Crippen molar-refractivity contribution in [2.24, 2.45) is 0 Å². The second-order valence-electron chi connectivity index (χ2n) is 8.06. The van der Waals surface area contributed by atoms with Crippen LogP contribution in [0.3, 0.4) is 0 Å². The first-order valence-electron chi connectivity index (χ1n) is 10.9. The van der Waals surface area contributed by atoms with Crippen LogP contribution in [0, 0.1) is 0 Å². The van der Waals surface area contributed by atoms with Crippen LogP contribution in [0.2, 0.25) is 0 Å². The van der Waals surface area contributed by atoms with Crippen molar-refractivity contribution in [3.8, 4) is 11.5 Å². The Morgan fingerprint density at radius 3 is 2.62 bits per heavy atom. The summed E-state index contributed by atoms with van der Waals surface area (Å²) in [6, 6.07) is 4.23. The number of aliphatic hydroxyl groups is 1. The number of nitrogens with zero attached hydrogens (tertiary/aromatic N) is 3. The summed E-state index contributed by atoms with van der Waals surface area (Å²) in [5.41, 5.74) is 0.536. The van der Waals surface area contributed by atoms with E-state index >= 15 is 0 Å². The van der Waals surface area contributed by atoms with Gasteiger partial charge < -0.3 is 30.1 Å². The van der Waals surface area contributed by atoms with Gasteiger partial charge in [0.05, 0.1) is 19.6 Å². The van der Waals surface area contributed by atoms with Crippen LogP contribution < -0.4 is 20.1 Å². The van der Waals surface area contributed by atoms with Gasteiger partial charge in [-0.05, 0) is 12.1 Å². The van der Waals surface area contributed by atoms with E-state index in [1.165, 1.54) is 4.90 Å². The number of nitrogens with one attached hydrogen (secondary N) is 2. The Balaban J connectivity index is 1.33. The number of carbonyl (C=O) groups is 3. The van der Waals surface area contributed by atoms with Crippen molar-refractivity contribution in [3.05, 3.63) is 18.2 Å². The van der Waals surface area contributed by atoms with Crippen LogP contribution >= 0.6 is 0 Å². The minimum atomic E-state index is -0.846. The molecule has 4 rings (SSSR count). The molecule has 0 spiro atoms. The first-order valence-corrected chi connectivity index (χ1v) is 10.9. The van der Waals surface area contributed by atoms with E-state index in [1.54, 1.807) is 18.2 Å². The average Bonchev–Trinajstić information content (AvgIpc) is 3.24. The number of β-amino-alcohol motifs (C(OH)–C–C–N with tert-alkyl or cyclic N) is 1. The molecular formula is C21H29N5O6. The van der Waals surface area contributed by atoms with Gasteiger partial charge in [0.15, 0.2) is 11.5 Å². The van der Waals surface area contributed by atoms with Gasteiger partial charge in [-0.25, -0.2) is 0 Å². The fourth-order valence-corrected chi connectivity index (χ4v) is 4.17. The van der Waals surface area contributed by atoms with Gasteiger partial charge in [-0.3, -0.25) is 24.2 Å². The number of carbonyl (C=O) groups excluding carboxylic acids is 3. The zero-order valence-corrected chi connectivity index (χ0v) is 17.9. The van der Waals surface area contributed by atoms with E-state index in [2.05, 4.69) is 15.5 Å².